The summed E-state index contributed by atoms with van der Waals surface area (Å²) in [6, 6.07) is 5.64. The van der Waals surface area contributed by atoms with Gasteiger partial charge in [-0.05, 0) is 50.1 Å². The van der Waals surface area contributed by atoms with Gasteiger partial charge in [0.2, 0.25) is 5.91 Å². The first-order valence-corrected chi connectivity index (χ1v) is 6.77. The lowest BCUT2D eigenvalue weighted by Gasteiger charge is -2.19. The van der Waals surface area contributed by atoms with Crippen molar-refractivity contribution in [1.29, 1.82) is 0 Å². The van der Waals surface area contributed by atoms with E-state index in [0.717, 1.165) is 42.6 Å². The van der Waals surface area contributed by atoms with E-state index in [-0.39, 0.29) is 17.1 Å². The monoisotopic (exact) mass is 258 g/mol. The normalized spacial score (nSPS) is 19.5. The molecule has 0 bridgehead atoms. The number of hydrogen-bond acceptors (Lipinski definition) is 3. The summed E-state index contributed by atoms with van der Waals surface area (Å²) in [4.78, 5) is 23.9. The molecule has 2 aliphatic rings. The average molecular weight is 258 g/mol. The van der Waals surface area contributed by atoms with Crippen molar-refractivity contribution in [2.75, 3.05) is 18.9 Å². The van der Waals surface area contributed by atoms with E-state index in [2.05, 4.69) is 10.6 Å². The van der Waals surface area contributed by atoms with Gasteiger partial charge < -0.3 is 10.6 Å². The number of amides is 1. The molecule has 1 aliphatic carbocycles. The summed E-state index contributed by atoms with van der Waals surface area (Å²) in [7, 11) is 1.88. The van der Waals surface area contributed by atoms with Crippen molar-refractivity contribution in [3.63, 3.8) is 0 Å². The minimum atomic E-state index is -0.180. The first kappa shape index (κ1) is 12.4. The van der Waals surface area contributed by atoms with E-state index < -0.39 is 0 Å². The van der Waals surface area contributed by atoms with E-state index in [1.807, 2.05) is 25.2 Å². The number of ketones is 1. The van der Waals surface area contributed by atoms with Gasteiger partial charge in [-0.1, -0.05) is 0 Å². The number of nitrogens with one attached hydrogen (secondary N) is 2. The molecule has 4 nitrogen and oxygen atoms in total. The zero-order chi connectivity index (χ0) is 13.5. The average Bonchev–Trinajstić information content (AvgIpc) is 3.18. The quantitative estimate of drug-likeness (QED) is 0.809. The lowest BCUT2D eigenvalue weighted by atomic mass is 9.91. The second-order valence-electron chi connectivity index (χ2n) is 5.56. The molecule has 0 atom stereocenters. The summed E-state index contributed by atoms with van der Waals surface area (Å²) in [6.07, 6.45) is 3.18. The molecule has 0 spiro atoms. The zero-order valence-corrected chi connectivity index (χ0v) is 11.1. The van der Waals surface area contributed by atoms with E-state index in [0.29, 0.717) is 6.42 Å². The fraction of sp³-hybridized carbons (Fsp3) is 0.467. The largest absolute Gasteiger partial charge is 0.326 e. The van der Waals surface area contributed by atoms with Crippen molar-refractivity contribution in [2.45, 2.75) is 25.7 Å². The SMILES string of the molecule is CNCC1(C(=O)c2ccc3c(c2)CCC(=O)N3)CC1. The fourth-order valence-electron chi connectivity index (χ4n) is 2.80. The van der Waals surface area contributed by atoms with Gasteiger partial charge in [0, 0.05) is 29.6 Å². The van der Waals surface area contributed by atoms with Crippen molar-refractivity contribution in [1.82, 2.24) is 5.32 Å². The zero-order valence-electron chi connectivity index (χ0n) is 11.1. The number of anilines is 1. The van der Waals surface area contributed by atoms with Gasteiger partial charge >= 0.3 is 0 Å². The molecule has 0 unspecified atom stereocenters. The van der Waals surface area contributed by atoms with Crippen LogP contribution in [0.1, 0.15) is 35.2 Å². The summed E-state index contributed by atoms with van der Waals surface area (Å²) in [5.74, 6) is 0.293. The van der Waals surface area contributed by atoms with Gasteiger partial charge in [-0.3, -0.25) is 9.59 Å². The first-order valence-electron chi connectivity index (χ1n) is 6.77. The number of Topliss-reactive ketones (excluding diaryl/α,β-unsaturated/α-hetero) is 1. The van der Waals surface area contributed by atoms with Gasteiger partial charge in [-0.2, -0.15) is 0 Å². The molecule has 1 saturated carbocycles. The van der Waals surface area contributed by atoms with Crippen LogP contribution in [0.2, 0.25) is 0 Å². The van der Waals surface area contributed by atoms with Crippen LogP contribution in [0.15, 0.2) is 18.2 Å². The van der Waals surface area contributed by atoms with Crippen LogP contribution in [0.25, 0.3) is 0 Å². The highest BCUT2D eigenvalue weighted by Gasteiger charge is 2.49. The third kappa shape index (κ3) is 2.16. The topological polar surface area (TPSA) is 58.2 Å². The number of aryl methyl sites for hydroxylation is 1. The second kappa shape index (κ2) is 4.46. The molecular weight excluding hydrogens is 240 g/mol. The third-order valence-corrected chi connectivity index (χ3v) is 4.11. The van der Waals surface area contributed by atoms with Crippen LogP contribution < -0.4 is 10.6 Å². The summed E-state index contributed by atoms with van der Waals surface area (Å²) in [5, 5.41) is 5.95. The first-order chi connectivity index (χ1) is 9.14. The maximum Gasteiger partial charge on any atom is 0.224 e. The van der Waals surface area contributed by atoms with Crippen molar-refractivity contribution < 1.29 is 9.59 Å². The van der Waals surface area contributed by atoms with Crippen LogP contribution in [0.4, 0.5) is 5.69 Å². The van der Waals surface area contributed by atoms with E-state index in [9.17, 15) is 9.59 Å². The molecule has 1 aromatic carbocycles. The van der Waals surface area contributed by atoms with Gasteiger partial charge in [-0.25, -0.2) is 0 Å². The molecule has 0 aromatic heterocycles. The van der Waals surface area contributed by atoms with Crippen molar-refractivity contribution >= 4 is 17.4 Å². The third-order valence-electron chi connectivity index (χ3n) is 4.11. The molecular formula is C15H18N2O2. The predicted molar refractivity (Wildman–Crippen MR) is 73.3 cm³/mol. The van der Waals surface area contributed by atoms with Gasteiger partial charge in [-0.15, -0.1) is 0 Å². The number of hydrogen-bond donors (Lipinski definition) is 2. The number of carbonyl (C=O) groups is 2. The molecule has 0 radical (unpaired) electrons. The van der Waals surface area contributed by atoms with E-state index in [4.69, 9.17) is 0 Å². The Morgan fingerprint density at radius 3 is 2.84 bits per heavy atom. The lowest BCUT2D eigenvalue weighted by Crippen LogP contribution is -2.28. The minimum absolute atomic E-state index is 0.0559. The molecule has 4 heteroatoms. The predicted octanol–water partition coefficient (Wildman–Crippen LogP) is 1.75. The minimum Gasteiger partial charge on any atom is -0.326 e. The number of rotatable bonds is 4. The Kier molecular flexibility index (Phi) is 2.90. The van der Waals surface area contributed by atoms with Crippen LogP contribution in [-0.2, 0) is 11.2 Å². The summed E-state index contributed by atoms with van der Waals surface area (Å²) < 4.78 is 0. The Labute approximate surface area is 112 Å². The molecule has 1 heterocycles. The van der Waals surface area contributed by atoms with Crippen LogP contribution in [0.3, 0.4) is 0 Å². The van der Waals surface area contributed by atoms with Gasteiger partial charge in [0.15, 0.2) is 5.78 Å². The van der Waals surface area contributed by atoms with E-state index in [1.165, 1.54) is 0 Å². The highest BCUT2D eigenvalue weighted by Crippen LogP contribution is 2.47. The standard InChI is InChI=1S/C15H18N2O2/c1-16-9-15(6-7-15)14(19)11-2-4-12-10(8-11)3-5-13(18)17-12/h2,4,8,16H,3,5-7,9H2,1H3,(H,17,18). The van der Waals surface area contributed by atoms with Crippen molar-refractivity contribution in [2.24, 2.45) is 5.41 Å². The Hall–Kier alpha value is -1.68. The summed E-state index contributed by atoms with van der Waals surface area (Å²) >= 11 is 0. The van der Waals surface area contributed by atoms with Crippen molar-refractivity contribution in [3.05, 3.63) is 29.3 Å². The molecule has 100 valence electrons. The second-order valence-corrected chi connectivity index (χ2v) is 5.56. The molecule has 1 fully saturated rings. The highest BCUT2D eigenvalue weighted by atomic mass is 16.1. The maximum atomic E-state index is 12.5. The van der Waals surface area contributed by atoms with Crippen molar-refractivity contribution in [3.8, 4) is 0 Å². The van der Waals surface area contributed by atoms with Gasteiger partial charge in [0.25, 0.3) is 0 Å². The Bertz CT molecular complexity index is 547. The smallest absolute Gasteiger partial charge is 0.224 e. The van der Waals surface area contributed by atoms with Crippen LogP contribution >= 0.6 is 0 Å². The molecule has 1 amide bonds. The number of fused-ring (bicyclic) bond motifs is 1. The molecule has 1 aromatic rings. The number of benzene rings is 1. The Balaban J connectivity index is 1.86. The molecule has 19 heavy (non-hydrogen) atoms. The Morgan fingerprint density at radius 2 is 2.16 bits per heavy atom. The summed E-state index contributed by atoms with van der Waals surface area (Å²) in [6.45, 7) is 0.750. The summed E-state index contributed by atoms with van der Waals surface area (Å²) in [5.41, 5.74) is 2.53. The fourth-order valence-corrected chi connectivity index (χ4v) is 2.80. The molecule has 3 rings (SSSR count). The lowest BCUT2D eigenvalue weighted by molar-refractivity contribution is -0.116. The van der Waals surface area contributed by atoms with E-state index in [1.54, 1.807) is 0 Å². The van der Waals surface area contributed by atoms with Crippen LogP contribution in [0, 0.1) is 5.41 Å². The molecule has 2 N–H and O–H groups in total. The number of carbonyl (C=O) groups excluding carboxylic acids is 2. The molecule has 0 saturated heterocycles. The van der Waals surface area contributed by atoms with E-state index >= 15 is 0 Å². The molecule has 1 aliphatic heterocycles. The maximum absolute atomic E-state index is 12.5. The van der Waals surface area contributed by atoms with Crippen LogP contribution in [-0.4, -0.2) is 25.3 Å². The van der Waals surface area contributed by atoms with Crippen LogP contribution in [0.5, 0.6) is 0 Å². The Morgan fingerprint density at radius 1 is 1.37 bits per heavy atom. The highest BCUT2D eigenvalue weighted by molar-refractivity contribution is 6.03. The van der Waals surface area contributed by atoms with Gasteiger partial charge in [0.05, 0.1) is 0 Å². The van der Waals surface area contributed by atoms with Gasteiger partial charge in [0.1, 0.15) is 0 Å².